The van der Waals surface area contributed by atoms with Crippen molar-refractivity contribution in [2.75, 3.05) is 10.6 Å². The molecule has 0 saturated heterocycles. The zero-order valence-corrected chi connectivity index (χ0v) is 13.7. The number of nitrogens with one attached hydrogen (secondary N) is 2. The summed E-state index contributed by atoms with van der Waals surface area (Å²) in [7, 11) is 0. The van der Waals surface area contributed by atoms with Crippen LogP contribution in [0.1, 0.15) is 16.1 Å². The summed E-state index contributed by atoms with van der Waals surface area (Å²) in [6.07, 6.45) is -1.81. The maximum Gasteiger partial charge on any atom is 0.417 e. The van der Waals surface area contributed by atoms with Gasteiger partial charge in [0, 0.05) is 5.69 Å². The highest BCUT2D eigenvalue weighted by molar-refractivity contribution is 6.31. The minimum atomic E-state index is -4.55. The highest BCUT2D eigenvalue weighted by atomic mass is 35.5. The van der Waals surface area contributed by atoms with E-state index in [4.69, 9.17) is 16.0 Å². The van der Waals surface area contributed by atoms with Crippen molar-refractivity contribution in [2.45, 2.75) is 6.18 Å². The highest BCUT2D eigenvalue weighted by Gasteiger charge is 2.33. The van der Waals surface area contributed by atoms with Crippen LogP contribution in [-0.4, -0.2) is 10.9 Å². The zero-order valence-electron chi connectivity index (χ0n) is 13.0. The number of hydrogen-bond acceptors (Lipinski definition) is 4. The predicted molar refractivity (Wildman–Crippen MR) is 90.6 cm³/mol. The number of benzene rings is 1. The van der Waals surface area contributed by atoms with Crippen molar-refractivity contribution >= 4 is 34.7 Å². The number of furan rings is 1. The fourth-order valence-corrected chi connectivity index (χ4v) is 2.34. The quantitative estimate of drug-likeness (QED) is 0.640. The fourth-order valence-electron chi connectivity index (χ4n) is 2.11. The third-order valence-electron chi connectivity index (χ3n) is 3.31. The van der Waals surface area contributed by atoms with Crippen molar-refractivity contribution in [3.8, 4) is 0 Å². The van der Waals surface area contributed by atoms with Gasteiger partial charge >= 0.3 is 6.18 Å². The molecule has 0 fully saturated rings. The van der Waals surface area contributed by atoms with Gasteiger partial charge in [-0.3, -0.25) is 4.79 Å². The Kier molecular flexibility index (Phi) is 4.85. The maximum atomic E-state index is 12.9. The largest absolute Gasteiger partial charge is 0.459 e. The molecule has 26 heavy (non-hydrogen) atoms. The van der Waals surface area contributed by atoms with Crippen LogP contribution in [0.5, 0.6) is 0 Å². The summed E-state index contributed by atoms with van der Waals surface area (Å²) in [5.41, 5.74) is -0.350. The number of pyridine rings is 1. The molecule has 0 aliphatic heterocycles. The van der Waals surface area contributed by atoms with E-state index in [1.54, 1.807) is 12.1 Å². The van der Waals surface area contributed by atoms with Crippen LogP contribution in [0.2, 0.25) is 5.02 Å². The lowest BCUT2D eigenvalue weighted by atomic mass is 10.2. The fraction of sp³-hybridized carbons (Fsp3) is 0.0588. The van der Waals surface area contributed by atoms with Gasteiger partial charge in [-0.2, -0.15) is 13.2 Å². The number of hydrogen-bond donors (Lipinski definition) is 2. The van der Waals surface area contributed by atoms with Gasteiger partial charge in [0.1, 0.15) is 5.82 Å². The standard InChI is InChI=1S/C17H11ClF3N3O2/c18-13-5-3-10(8-12(13)17(19,20)21)23-15-6-4-11(9-22-15)24-16(25)14-2-1-7-26-14/h1-9H,(H,22,23)(H,24,25). The smallest absolute Gasteiger partial charge is 0.417 e. The molecule has 0 aliphatic rings. The number of amides is 1. The molecule has 2 heterocycles. The first-order valence-corrected chi connectivity index (χ1v) is 7.65. The number of halogens is 4. The van der Waals surface area contributed by atoms with Crippen LogP contribution in [0.15, 0.2) is 59.3 Å². The molecule has 134 valence electrons. The Morgan fingerprint density at radius 1 is 1.12 bits per heavy atom. The second-order valence-electron chi connectivity index (χ2n) is 5.18. The number of nitrogens with zero attached hydrogens (tertiary/aromatic N) is 1. The van der Waals surface area contributed by atoms with Crippen molar-refractivity contribution in [1.82, 2.24) is 4.98 Å². The molecule has 9 heteroatoms. The number of rotatable bonds is 4. The Bertz CT molecular complexity index is 910. The summed E-state index contributed by atoms with van der Waals surface area (Å²) in [5, 5.41) is 4.95. The zero-order chi connectivity index (χ0) is 18.7. The van der Waals surface area contributed by atoms with Gasteiger partial charge in [-0.15, -0.1) is 0 Å². The summed E-state index contributed by atoms with van der Waals surface area (Å²) in [5.74, 6) is 0.00881. The second-order valence-corrected chi connectivity index (χ2v) is 5.59. The van der Waals surface area contributed by atoms with Crippen LogP contribution >= 0.6 is 11.6 Å². The molecule has 0 saturated carbocycles. The minimum absolute atomic E-state index is 0.146. The molecule has 1 aromatic carbocycles. The molecule has 2 N–H and O–H groups in total. The molecule has 0 atom stereocenters. The topological polar surface area (TPSA) is 67.2 Å². The van der Waals surface area contributed by atoms with E-state index in [2.05, 4.69) is 15.6 Å². The molecule has 0 aliphatic carbocycles. The van der Waals surface area contributed by atoms with Crippen LogP contribution in [0.4, 0.5) is 30.4 Å². The number of carbonyl (C=O) groups is 1. The Labute approximate surface area is 150 Å². The van der Waals surface area contributed by atoms with Crippen molar-refractivity contribution in [1.29, 1.82) is 0 Å². The average molecular weight is 382 g/mol. The number of anilines is 3. The van der Waals surface area contributed by atoms with Gasteiger partial charge in [0.15, 0.2) is 5.76 Å². The Morgan fingerprint density at radius 3 is 2.50 bits per heavy atom. The monoisotopic (exact) mass is 381 g/mol. The number of aromatic nitrogens is 1. The molecule has 0 bridgehead atoms. The van der Waals surface area contributed by atoms with Crippen molar-refractivity contribution in [3.05, 3.63) is 71.3 Å². The van der Waals surface area contributed by atoms with E-state index in [1.807, 2.05) is 0 Å². The SMILES string of the molecule is O=C(Nc1ccc(Nc2ccc(Cl)c(C(F)(F)F)c2)nc1)c1ccco1. The van der Waals surface area contributed by atoms with Crippen LogP contribution in [0, 0.1) is 0 Å². The van der Waals surface area contributed by atoms with Gasteiger partial charge in [-0.25, -0.2) is 4.98 Å². The molecule has 2 aromatic heterocycles. The van der Waals surface area contributed by atoms with Crippen molar-refractivity contribution < 1.29 is 22.4 Å². The van der Waals surface area contributed by atoms with E-state index in [-0.39, 0.29) is 16.5 Å². The van der Waals surface area contributed by atoms with Gasteiger partial charge in [-0.05, 0) is 42.5 Å². The summed E-state index contributed by atoms with van der Waals surface area (Å²) in [4.78, 5) is 15.9. The van der Waals surface area contributed by atoms with E-state index in [9.17, 15) is 18.0 Å². The van der Waals surface area contributed by atoms with E-state index in [1.165, 1.54) is 30.7 Å². The molecule has 3 aromatic rings. The Balaban J connectivity index is 1.71. The number of alkyl halides is 3. The van der Waals surface area contributed by atoms with Gasteiger partial charge in [0.2, 0.25) is 0 Å². The first-order valence-electron chi connectivity index (χ1n) is 7.27. The van der Waals surface area contributed by atoms with Gasteiger partial charge < -0.3 is 15.1 Å². The lowest BCUT2D eigenvalue weighted by Crippen LogP contribution is -2.11. The first-order chi connectivity index (χ1) is 12.3. The predicted octanol–water partition coefficient (Wildman–Crippen LogP) is 5.34. The van der Waals surface area contributed by atoms with E-state index < -0.39 is 17.6 Å². The molecular weight excluding hydrogens is 371 g/mol. The molecular formula is C17H11ClF3N3O2. The van der Waals surface area contributed by atoms with Gasteiger partial charge in [0.05, 0.1) is 28.7 Å². The lowest BCUT2D eigenvalue weighted by Gasteiger charge is -2.12. The van der Waals surface area contributed by atoms with Crippen molar-refractivity contribution in [3.63, 3.8) is 0 Å². The van der Waals surface area contributed by atoms with Crippen LogP contribution < -0.4 is 10.6 Å². The van der Waals surface area contributed by atoms with Crippen LogP contribution in [0.25, 0.3) is 0 Å². The third kappa shape index (κ3) is 4.15. The molecule has 1 amide bonds. The van der Waals surface area contributed by atoms with E-state index >= 15 is 0 Å². The Morgan fingerprint density at radius 2 is 1.88 bits per heavy atom. The summed E-state index contributed by atoms with van der Waals surface area (Å²) in [6.45, 7) is 0. The summed E-state index contributed by atoms with van der Waals surface area (Å²) in [6, 6.07) is 9.63. The van der Waals surface area contributed by atoms with Crippen LogP contribution in [0.3, 0.4) is 0 Å². The van der Waals surface area contributed by atoms with E-state index in [0.29, 0.717) is 11.5 Å². The maximum absolute atomic E-state index is 12.9. The minimum Gasteiger partial charge on any atom is -0.459 e. The highest BCUT2D eigenvalue weighted by Crippen LogP contribution is 2.36. The average Bonchev–Trinajstić information content (AvgIpc) is 3.12. The van der Waals surface area contributed by atoms with E-state index in [0.717, 1.165) is 12.1 Å². The third-order valence-corrected chi connectivity index (χ3v) is 3.64. The lowest BCUT2D eigenvalue weighted by molar-refractivity contribution is -0.137. The summed E-state index contributed by atoms with van der Waals surface area (Å²) >= 11 is 5.58. The Hall–Kier alpha value is -3.00. The molecule has 5 nitrogen and oxygen atoms in total. The second kappa shape index (κ2) is 7.09. The van der Waals surface area contributed by atoms with Crippen molar-refractivity contribution in [2.24, 2.45) is 0 Å². The van der Waals surface area contributed by atoms with Crippen LogP contribution in [-0.2, 0) is 6.18 Å². The first kappa shape index (κ1) is 17.8. The molecule has 3 rings (SSSR count). The molecule has 0 unspecified atom stereocenters. The van der Waals surface area contributed by atoms with Gasteiger partial charge in [0.25, 0.3) is 5.91 Å². The summed E-state index contributed by atoms with van der Waals surface area (Å²) < 4.78 is 43.6. The normalized spacial score (nSPS) is 11.2. The molecule has 0 radical (unpaired) electrons. The van der Waals surface area contributed by atoms with Gasteiger partial charge in [-0.1, -0.05) is 11.6 Å². The molecule has 0 spiro atoms. The number of carbonyl (C=O) groups excluding carboxylic acids is 1.